The van der Waals surface area contributed by atoms with Crippen LogP contribution in [0.2, 0.25) is 5.02 Å². The molecule has 1 aliphatic heterocycles. The molecular weight excluding hydrogens is 336 g/mol. The number of H-pyrrole nitrogens is 1. The fraction of sp³-hybridized carbons (Fsp3) is 0.263. The van der Waals surface area contributed by atoms with Gasteiger partial charge in [0.2, 0.25) is 0 Å². The van der Waals surface area contributed by atoms with E-state index in [1.165, 1.54) is 0 Å². The molecular formula is C19H19ClN4O. The summed E-state index contributed by atoms with van der Waals surface area (Å²) in [5.41, 5.74) is 3.38. The van der Waals surface area contributed by atoms with Gasteiger partial charge in [-0.3, -0.25) is 4.79 Å². The highest BCUT2D eigenvalue weighted by molar-refractivity contribution is 6.30. The van der Waals surface area contributed by atoms with Gasteiger partial charge < -0.3 is 14.8 Å². The molecule has 0 radical (unpaired) electrons. The van der Waals surface area contributed by atoms with Crippen LogP contribution in [0.1, 0.15) is 10.4 Å². The number of nitrogens with one attached hydrogen (secondary N) is 1. The molecule has 1 N–H and O–H groups in total. The van der Waals surface area contributed by atoms with E-state index < -0.39 is 0 Å². The molecule has 1 saturated heterocycles. The minimum absolute atomic E-state index is 0.0812. The number of amides is 1. The lowest BCUT2D eigenvalue weighted by Crippen LogP contribution is -2.47. The highest BCUT2D eigenvalue weighted by Gasteiger charge is 2.20. The molecule has 2 aromatic carbocycles. The van der Waals surface area contributed by atoms with Crippen molar-refractivity contribution in [2.24, 2.45) is 0 Å². The van der Waals surface area contributed by atoms with E-state index in [2.05, 4.69) is 21.9 Å². The molecule has 128 valence electrons. The van der Waals surface area contributed by atoms with Gasteiger partial charge >= 0.3 is 0 Å². The van der Waals surface area contributed by atoms with E-state index >= 15 is 0 Å². The van der Waals surface area contributed by atoms with Crippen LogP contribution < -0.4 is 0 Å². The number of carbonyl (C=O) groups excluding carboxylic acids is 1. The van der Waals surface area contributed by atoms with Crippen molar-refractivity contribution in [1.82, 2.24) is 19.8 Å². The Balaban J connectivity index is 1.62. The number of hydrogen-bond acceptors (Lipinski definition) is 3. The SMILES string of the molecule is CN1CCN(C(=O)c2ccc3nc(-c4ccc(Cl)cc4)[nH]c3c2)CC1. The van der Waals surface area contributed by atoms with E-state index in [0.717, 1.165) is 48.6 Å². The van der Waals surface area contributed by atoms with Crippen molar-refractivity contribution in [3.63, 3.8) is 0 Å². The maximum atomic E-state index is 12.7. The van der Waals surface area contributed by atoms with E-state index in [1.807, 2.05) is 47.4 Å². The van der Waals surface area contributed by atoms with E-state index in [9.17, 15) is 4.79 Å². The number of likely N-dealkylation sites (N-methyl/N-ethyl adjacent to an activating group) is 1. The van der Waals surface area contributed by atoms with Crippen molar-refractivity contribution in [3.8, 4) is 11.4 Å². The van der Waals surface area contributed by atoms with E-state index in [-0.39, 0.29) is 5.91 Å². The lowest BCUT2D eigenvalue weighted by atomic mass is 10.1. The maximum absolute atomic E-state index is 12.7. The number of nitrogens with zero attached hydrogens (tertiary/aromatic N) is 3. The van der Waals surface area contributed by atoms with Crippen molar-refractivity contribution >= 4 is 28.5 Å². The third kappa shape index (κ3) is 3.25. The number of benzene rings is 2. The molecule has 2 heterocycles. The second-order valence-electron chi connectivity index (χ2n) is 6.42. The predicted octanol–water partition coefficient (Wildman–Crippen LogP) is 3.27. The number of piperazine rings is 1. The predicted molar refractivity (Wildman–Crippen MR) is 99.9 cm³/mol. The number of rotatable bonds is 2. The van der Waals surface area contributed by atoms with Crippen LogP contribution in [0.4, 0.5) is 0 Å². The smallest absolute Gasteiger partial charge is 0.254 e. The van der Waals surface area contributed by atoms with Crippen LogP contribution in [0, 0.1) is 0 Å². The van der Waals surface area contributed by atoms with E-state index in [0.29, 0.717) is 10.6 Å². The molecule has 1 aliphatic rings. The van der Waals surface area contributed by atoms with Gasteiger partial charge in [0.25, 0.3) is 5.91 Å². The Morgan fingerprint density at radius 2 is 1.80 bits per heavy atom. The van der Waals surface area contributed by atoms with Crippen LogP contribution >= 0.6 is 11.6 Å². The number of carbonyl (C=O) groups is 1. The molecule has 0 atom stereocenters. The first kappa shape index (κ1) is 16.1. The number of hydrogen-bond donors (Lipinski definition) is 1. The van der Waals surface area contributed by atoms with Crippen molar-refractivity contribution < 1.29 is 4.79 Å². The first-order chi connectivity index (χ1) is 12.1. The number of fused-ring (bicyclic) bond motifs is 1. The fourth-order valence-corrected chi connectivity index (χ4v) is 3.21. The Bertz CT molecular complexity index is 911. The van der Waals surface area contributed by atoms with Crippen LogP contribution in [-0.2, 0) is 0 Å². The summed E-state index contributed by atoms with van der Waals surface area (Å²) in [6.07, 6.45) is 0. The van der Waals surface area contributed by atoms with Crippen molar-refractivity contribution in [2.45, 2.75) is 0 Å². The molecule has 0 aliphatic carbocycles. The first-order valence-electron chi connectivity index (χ1n) is 8.34. The van der Waals surface area contributed by atoms with Crippen LogP contribution in [0.5, 0.6) is 0 Å². The first-order valence-corrected chi connectivity index (χ1v) is 8.71. The molecule has 5 nitrogen and oxygen atoms in total. The maximum Gasteiger partial charge on any atom is 0.254 e. The van der Waals surface area contributed by atoms with Crippen LogP contribution in [0.15, 0.2) is 42.5 Å². The molecule has 0 bridgehead atoms. The van der Waals surface area contributed by atoms with Crippen LogP contribution in [-0.4, -0.2) is 58.9 Å². The Morgan fingerprint density at radius 1 is 1.08 bits per heavy atom. The quantitative estimate of drug-likeness (QED) is 0.768. The summed E-state index contributed by atoms with van der Waals surface area (Å²) < 4.78 is 0. The molecule has 25 heavy (non-hydrogen) atoms. The van der Waals surface area contributed by atoms with Gasteiger partial charge in [0, 0.05) is 42.3 Å². The zero-order valence-corrected chi connectivity index (χ0v) is 14.8. The average molecular weight is 355 g/mol. The average Bonchev–Trinajstić information content (AvgIpc) is 3.05. The molecule has 4 rings (SSSR count). The summed E-state index contributed by atoms with van der Waals surface area (Å²) in [6, 6.07) is 13.2. The molecule has 0 unspecified atom stereocenters. The second-order valence-corrected chi connectivity index (χ2v) is 6.86. The van der Waals surface area contributed by atoms with E-state index in [4.69, 9.17) is 11.6 Å². The Morgan fingerprint density at radius 3 is 2.52 bits per heavy atom. The van der Waals surface area contributed by atoms with Gasteiger partial charge in [-0.25, -0.2) is 4.98 Å². The lowest BCUT2D eigenvalue weighted by Gasteiger charge is -2.32. The van der Waals surface area contributed by atoms with Crippen molar-refractivity contribution in [1.29, 1.82) is 0 Å². The monoisotopic (exact) mass is 354 g/mol. The largest absolute Gasteiger partial charge is 0.338 e. The highest BCUT2D eigenvalue weighted by atomic mass is 35.5. The van der Waals surface area contributed by atoms with Crippen molar-refractivity contribution in [3.05, 3.63) is 53.1 Å². The highest BCUT2D eigenvalue weighted by Crippen LogP contribution is 2.23. The van der Waals surface area contributed by atoms with Gasteiger partial charge in [0.15, 0.2) is 0 Å². The molecule has 3 aromatic rings. The van der Waals surface area contributed by atoms with Gasteiger partial charge in [0.1, 0.15) is 5.82 Å². The lowest BCUT2D eigenvalue weighted by molar-refractivity contribution is 0.0664. The number of imidazole rings is 1. The Hall–Kier alpha value is -2.37. The summed E-state index contributed by atoms with van der Waals surface area (Å²) in [7, 11) is 2.08. The molecule has 0 saturated carbocycles. The Labute approximate surface area is 151 Å². The normalized spacial score (nSPS) is 15.7. The molecule has 1 aromatic heterocycles. The standard InChI is InChI=1S/C19H19ClN4O/c1-23-8-10-24(11-9-23)19(25)14-4-7-16-17(12-14)22-18(21-16)13-2-5-15(20)6-3-13/h2-7,12H,8-11H2,1H3,(H,21,22). The van der Waals surface area contributed by atoms with Gasteiger partial charge in [0.05, 0.1) is 11.0 Å². The topological polar surface area (TPSA) is 52.2 Å². The third-order valence-electron chi connectivity index (χ3n) is 4.64. The summed E-state index contributed by atoms with van der Waals surface area (Å²) in [6.45, 7) is 3.37. The zero-order valence-electron chi connectivity index (χ0n) is 14.0. The van der Waals surface area contributed by atoms with Gasteiger partial charge in [-0.1, -0.05) is 11.6 Å². The summed E-state index contributed by atoms with van der Waals surface area (Å²) >= 11 is 5.94. The minimum atomic E-state index is 0.0812. The van der Waals surface area contributed by atoms with Gasteiger partial charge in [-0.05, 0) is 49.5 Å². The molecule has 1 fully saturated rings. The van der Waals surface area contributed by atoms with E-state index in [1.54, 1.807) is 0 Å². The number of aromatic nitrogens is 2. The van der Waals surface area contributed by atoms with Gasteiger partial charge in [-0.2, -0.15) is 0 Å². The van der Waals surface area contributed by atoms with Crippen LogP contribution in [0.25, 0.3) is 22.4 Å². The third-order valence-corrected chi connectivity index (χ3v) is 4.89. The number of aromatic amines is 1. The molecule has 0 spiro atoms. The molecule has 1 amide bonds. The molecule has 6 heteroatoms. The minimum Gasteiger partial charge on any atom is -0.338 e. The Kier molecular flexibility index (Phi) is 4.19. The summed E-state index contributed by atoms with van der Waals surface area (Å²) in [5.74, 6) is 0.855. The summed E-state index contributed by atoms with van der Waals surface area (Å²) in [5, 5.41) is 0.694. The zero-order chi connectivity index (χ0) is 17.4. The van der Waals surface area contributed by atoms with Crippen molar-refractivity contribution in [2.75, 3.05) is 33.2 Å². The summed E-state index contributed by atoms with van der Waals surface area (Å²) in [4.78, 5) is 24.8. The number of halogens is 1. The van der Waals surface area contributed by atoms with Gasteiger partial charge in [-0.15, -0.1) is 0 Å². The fourth-order valence-electron chi connectivity index (χ4n) is 3.08. The second kappa shape index (κ2) is 6.50. The van der Waals surface area contributed by atoms with Crippen LogP contribution in [0.3, 0.4) is 0 Å².